The van der Waals surface area contributed by atoms with Crippen LogP contribution in [-0.4, -0.2) is 9.97 Å². The van der Waals surface area contributed by atoms with Gasteiger partial charge in [0.2, 0.25) is 0 Å². The fraction of sp³-hybridized carbons (Fsp3) is 0.333. The quantitative estimate of drug-likeness (QED) is 0.829. The third-order valence-electron chi connectivity index (χ3n) is 2.21. The maximum atomic E-state index is 4.43. The van der Waals surface area contributed by atoms with Gasteiger partial charge in [0.1, 0.15) is 0 Å². The zero-order valence-corrected chi connectivity index (χ0v) is 11.1. The van der Waals surface area contributed by atoms with Crippen molar-refractivity contribution in [3.63, 3.8) is 0 Å². The predicted octanol–water partition coefficient (Wildman–Crippen LogP) is 3.59. The SMILES string of the molecule is Cc1nc(C)c(CSCc2ccccn2)s1. The number of thiazole rings is 1. The van der Waals surface area contributed by atoms with Gasteiger partial charge in [-0.05, 0) is 26.0 Å². The van der Waals surface area contributed by atoms with E-state index >= 15 is 0 Å². The van der Waals surface area contributed by atoms with Crippen LogP contribution in [0.2, 0.25) is 0 Å². The molecule has 0 aliphatic rings. The number of thioether (sulfide) groups is 1. The van der Waals surface area contributed by atoms with Crippen molar-refractivity contribution in [3.05, 3.63) is 45.7 Å². The van der Waals surface area contributed by atoms with E-state index in [2.05, 4.69) is 29.9 Å². The highest BCUT2D eigenvalue weighted by atomic mass is 32.2. The Kier molecular flexibility index (Phi) is 3.96. The van der Waals surface area contributed by atoms with Crippen molar-refractivity contribution in [3.8, 4) is 0 Å². The van der Waals surface area contributed by atoms with Gasteiger partial charge in [-0.2, -0.15) is 0 Å². The molecule has 4 heteroatoms. The van der Waals surface area contributed by atoms with E-state index in [1.165, 1.54) is 10.6 Å². The summed E-state index contributed by atoms with van der Waals surface area (Å²) in [4.78, 5) is 10.1. The number of hydrogen-bond donors (Lipinski definition) is 0. The van der Waals surface area contributed by atoms with Gasteiger partial charge < -0.3 is 0 Å². The summed E-state index contributed by atoms with van der Waals surface area (Å²) in [6, 6.07) is 6.05. The lowest BCUT2D eigenvalue weighted by atomic mass is 10.4. The highest BCUT2D eigenvalue weighted by molar-refractivity contribution is 7.97. The zero-order chi connectivity index (χ0) is 11.4. The zero-order valence-electron chi connectivity index (χ0n) is 9.43. The van der Waals surface area contributed by atoms with Crippen LogP contribution in [0.25, 0.3) is 0 Å². The van der Waals surface area contributed by atoms with Crippen LogP contribution in [0.5, 0.6) is 0 Å². The van der Waals surface area contributed by atoms with Gasteiger partial charge >= 0.3 is 0 Å². The summed E-state index contributed by atoms with van der Waals surface area (Å²) in [6.45, 7) is 4.14. The molecule has 2 aromatic rings. The van der Waals surface area contributed by atoms with E-state index in [1.807, 2.05) is 30.1 Å². The fourth-order valence-corrected chi connectivity index (χ4v) is 3.53. The van der Waals surface area contributed by atoms with Crippen molar-refractivity contribution in [1.29, 1.82) is 0 Å². The molecule has 0 amide bonds. The molecule has 2 nitrogen and oxygen atoms in total. The number of aryl methyl sites for hydroxylation is 2. The number of hydrogen-bond acceptors (Lipinski definition) is 4. The molecule has 2 heterocycles. The maximum Gasteiger partial charge on any atom is 0.0900 e. The van der Waals surface area contributed by atoms with E-state index in [4.69, 9.17) is 0 Å². The molecule has 0 unspecified atom stereocenters. The van der Waals surface area contributed by atoms with Crippen molar-refractivity contribution in [2.75, 3.05) is 0 Å². The number of rotatable bonds is 4. The Labute approximate surface area is 104 Å². The Hall–Kier alpha value is -0.870. The standard InChI is InChI=1S/C12H14N2S2/c1-9-12(16-10(2)14-9)8-15-7-11-5-3-4-6-13-11/h3-6H,7-8H2,1-2H3. The molecule has 0 radical (unpaired) electrons. The lowest BCUT2D eigenvalue weighted by Crippen LogP contribution is -1.86. The molecule has 0 aliphatic carbocycles. The first-order valence-electron chi connectivity index (χ1n) is 5.16. The van der Waals surface area contributed by atoms with Gasteiger partial charge in [0, 0.05) is 22.6 Å². The highest BCUT2D eigenvalue weighted by Gasteiger charge is 2.04. The first-order valence-corrected chi connectivity index (χ1v) is 7.13. The summed E-state index contributed by atoms with van der Waals surface area (Å²) < 4.78 is 0. The second kappa shape index (κ2) is 5.46. The van der Waals surface area contributed by atoms with E-state index < -0.39 is 0 Å². The molecule has 0 saturated heterocycles. The Morgan fingerprint density at radius 2 is 2.12 bits per heavy atom. The summed E-state index contributed by atoms with van der Waals surface area (Å²) in [5.41, 5.74) is 2.32. The second-order valence-corrected chi connectivity index (χ2v) is 5.83. The molecule has 0 bridgehead atoms. The average molecular weight is 250 g/mol. The molecule has 0 spiro atoms. The third-order valence-corrected chi connectivity index (χ3v) is 4.46. The van der Waals surface area contributed by atoms with Crippen LogP contribution in [0, 0.1) is 13.8 Å². The minimum Gasteiger partial charge on any atom is -0.260 e. The minimum atomic E-state index is 0.969. The molecule has 2 rings (SSSR count). The third kappa shape index (κ3) is 3.06. The molecule has 84 valence electrons. The second-order valence-electron chi connectivity index (χ2n) is 3.56. The molecule has 0 N–H and O–H groups in total. The monoisotopic (exact) mass is 250 g/mol. The molecule has 0 fully saturated rings. The smallest absolute Gasteiger partial charge is 0.0900 e. The van der Waals surface area contributed by atoms with Gasteiger partial charge in [0.15, 0.2) is 0 Å². The number of aromatic nitrogens is 2. The molecular weight excluding hydrogens is 236 g/mol. The summed E-state index contributed by atoms with van der Waals surface area (Å²) in [5.74, 6) is 2.01. The van der Waals surface area contributed by atoms with E-state index in [1.54, 1.807) is 11.3 Å². The van der Waals surface area contributed by atoms with Gasteiger partial charge in [0.05, 0.1) is 16.4 Å². The normalized spacial score (nSPS) is 10.6. The first kappa shape index (κ1) is 11.6. The average Bonchev–Trinajstić information content (AvgIpc) is 2.59. The summed E-state index contributed by atoms with van der Waals surface area (Å²) in [5, 5.41) is 1.16. The van der Waals surface area contributed by atoms with Crippen molar-refractivity contribution < 1.29 is 0 Å². The van der Waals surface area contributed by atoms with Crippen LogP contribution in [0.15, 0.2) is 24.4 Å². The Morgan fingerprint density at radius 1 is 1.25 bits per heavy atom. The summed E-state index contributed by atoms with van der Waals surface area (Å²) in [7, 11) is 0. The lowest BCUT2D eigenvalue weighted by molar-refractivity contribution is 1.16. The van der Waals surface area contributed by atoms with Gasteiger partial charge in [0.25, 0.3) is 0 Å². The van der Waals surface area contributed by atoms with Crippen LogP contribution >= 0.6 is 23.1 Å². The minimum absolute atomic E-state index is 0.969. The van der Waals surface area contributed by atoms with Gasteiger partial charge in [-0.1, -0.05) is 6.07 Å². The largest absolute Gasteiger partial charge is 0.260 e. The van der Waals surface area contributed by atoms with E-state index in [0.29, 0.717) is 0 Å². The fourth-order valence-electron chi connectivity index (χ4n) is 1.44. The van der Waals surface area contributed by atoms with E-state index in [0.717, 1.165) is 22.2 Å². The van der Waals surface area contributed by atoms with Crippen molar-refractivity contribution in [1.82, 2.24) is 9.97 Å². The number of pyridine rings is 1. The highest BCUT2D eigenvalue weighted by Crippen LogP contribution is 2.24. The maximum absolute atomic E-state index is 4.43. The Balaban J connectivity index is 1.87. The lowest BCUT2D eigenvalue weighted by Gasteiger charge is -1.99. The first-order chi connectivity index (χ1) is 7.75. The van der Waals surface area contributed by atoms with Crippen LogP contribution in [0.4, 0.5) is 0 Å². The van der Waals surface area contributed by atoms with Crippen molar-refractivity contribution in [2.24, 2.45) is 0 Å². The van der Waals surface area contributed by atoms with Gasteiger partial charge in [-0.15, -0.1) is 23.1 Å². The van der Waals surface area contributed by atoms with Crippen molar-refractivity contribution >= 4 is 23.1 Å². The Morgan fingerprint density at radius 3 is 2.75 bits per heavy atom. The molecule has 16 heavy (non-hydrogen) atoms. The van der Waals surface area contributed by atoms with Crippen molar-refractivity contribution in [2.45, 2.75) is 25.4 Å². The molecule has 0 aliphatic heterocycles. The molecule has 0 saturated carbocycles. The topological polar surface area (TPSA) is 25.8 Å². The van der Waals surface area contributed by atoms with Gasteiger partial charge in [-0.3, -0.25) is 4.98 Å². The van der Waals surface area contributed by atoms with Crippen LogP contribution in [0.1, 0.15) is 21.3 Å². The molecular formula is C12H14N2S2. The summed E-state index contributed by atoms with van der Waals surface area (Å²) in [6.07, 6.45) is 1.85. The summed E-state index contributed by atoms with van der Waals surface area (Å²) >= 11 is 3.69. The molecule has 0 atom stereocenters. The molecule has 2 aromatic heterocycles. The number of nitrogens with zero attached hydrogens (tertiary/aromatic N) is 2. The predicted molar refractivity (Wildman–Crippen MR) is 70.8 cm³/mol. The van der Waals surface area contributed by atoms with Crippen LogP contribution in [0.3, 0.4) is 0 Å². The molecule has 0 aromatic carbocycles. The van der Waals surface area contributed by atoms with E-state index in [-0.39, 0.29) is 0 Å². The van der Waals surface area contributed by atoms with E-state index in [9.17, 15) is 0 Å². The van der Waals surface area contributed by atoms with Crippen LogP contribution in [-0.2, 0) is 11.5 Å². The van der Waals surface area contributed by atoms with Gasteiger partial charge in [-0.25, -0.2) is 4.98 Å². The Bertz CT molecular complexity index is 451. The van der Waals surface area contributed by atoms with Crippen LogP contribution < -0.4 is 0 Å².